The predicted octanol–water partition coefficient (Wildman–Crippen LogP) is 10.6. The van der Waals surface area contributed by atoms with E-state index in [1.165, 1.54) is 89.9 Å². The van der Waals surface area contributed by atoms with Gasteiger partial charge < -0.3 is 0 Å². The van der Waals surface area contributed by atoms with E-state index in [1.54, 1.807) is 4.67 Å². The Labute approximate surface area is 215 Å². The Morgan fingerprint density at radius 1 is 0.412 bits per heavy atom. The molecule has 3 nitrogen and oxygen atoms in total. The molecule has 0 rings (SSSR count). The van der Waals surface area contributed by atoms with Crippen LogP contribution in [0.1, 0.15) is 156 Å². The number of hydrogen-bond acceptors (Lipinski definition) is 3. The van der Waals surface area contributed by atoms with Crippen LogP contribution in [0.25, 0.3) is 0 Å². The molecule has 0 aromatic rings. The van der Waals surface area contributed by atoms with E-state index in [1.807, 2.05) is 0 Å². The zero-order valence-electron chi connectivity index (χ0n) is 23.8. The fourth-order valence-electron chi connectivity index (χ4n) is 5.75. The number of nitriles is 2. The van der Waals surface area contributed by atoms with Gasteiger partial charge in [-0.3, -0.25) is 0 Å². The molecule has 0 radical (unpaired) electrons. The third-order valence-electron chi connectivity index (χ3n) is 8.10. The molecule has 0 bridgehead atoms. The van der Waals surface area contributed by atoms with Crippen molar-refractivity contribution >= 4 is 6.75 Å². The van der Waals surface area contributed by atoms with Gasteiger partial charge in [-0.05, 0) is 0 Å². The maximum absolute atomic E-state index is 10.0. The van der Waals surface area contributed by atoms with Gasteiger partial charge in [0.15, 0.2) is 0 Å². The molecule has 0 fully saturated rings. The van der Waals surface area contributed by atoms with E-state index < -0.39 is 6.75 Å². The second-order valence-corrected chi connectivity index (χ2v) is 17.0. The minimum atomic E-state index is -2.53. The van der Waals surface area contributed by atoms with E-state index in [4.69, 9.17) is 0 Å². The molecule has 0 aromatic carbocycles. The van der Waals surface area contributed by atoms with Crippen LogP contribution >= 0.6 is 6.75 Å². The molecule has 0 aliphatic rings. The Hall–Kier alpha value is -0.790. The minimum absolute atomic E-state index is 1.11. The van der Waals surface area contributed by atoms with Crippen molar-refractivity contribution in [1.82, 2.24) is 4.67 Å². The first kappa shape index (κ1) is 33.2. The zero-order chi connectivity index (χ0) is 25.4. The first-order chi connectivity index (χ1) is 16.6. The summed E-state index contributed by atoms with van der Waals surface area (Å²) < 4.78 is 1.69. The molecule has 0 N–H and O–H groups in total. The van der Waals surface area contributed by atoms with E-state index in [0.717, 1.165) is 63.2 Å². The van der Waals surface area contributed by atoms with Crippen LogP contribution in [0.15, 0.2) is 0 Å². The third-order valence-corrected chi connectivity index (χ3v) is 15.3. The number of nitrogens with zero attached hydrogens (tertiary/aromatic N) is 3. The Balaban J connectivity index is 4.65. The Morgan fingerprint density at radius 3 is 0.971 bits per heavy atom. The summed E-state index contributed by atoms with van der Waals surface area (Å²) in [5.74, 6) is 0. The fraction of sp³-hybridized carbons (Fsp3) is 0.933. The van der Waals surface area contributed by atoms with Crippen LogP contribution in [0.4, 0.5) is 0 Å². The van der Waals surface area contributed by atoms with Crippen LogP contribution in [0, 0.1) is 22.9 Å². The molecular formula is C30H60N3P. The number of hydrogen-bond donors (Lipinski definition) is 0. The van der Waals surface area contributed by atoms with Gasteiger partial charge in [0.25, 0.3) is 0 Å². The molecule has 4 heteroatoms. The van der Waals surface area contributed by atoms with E-state index in [0.29, 0.717) is 0 Å². The zero-order valence-corrected chi connectivity index (χ0v) is 24.7. The SMILES string of the molecule is CCCCCCCCCCCCCCCCP(CCCC)(CCCC)(CCCC)N(C#N)C#N. The molecule has 0 heterocycles. The standard InChI is InChI=1S/C30H60N3P/c1-5-9-13-14-15-16-17-18-19-20-21-22-23-24-28-34(25-10-6-2,26-11-7-3,27-12-8-4)33(29-31)30-32/h5-28H2,1-4H3. The third kappa shape index (κ3) is 12.8. The first-order valence-electron chi connectivity index (χ1n) is 15.2. The summed E-state index contributed by atoms with van der Waals surface area (Å²) in [6.45, 7) is 6.51. The summed E-state index contributed by atoms with van der Waals surface area (Å²) in [6.07, 6.45) is 35.4. The van der Waals surface area contributed by atoms with Gasteiger partial charge in [-0.25, -0.2) is 0 Å². The van der Waals surface area contributed by atoms with E-state index >= 15 is 0 Å². The molecule has 0 aromatic heterocycles. The van der Waals surface area contributed by atoms with Gasteiger partial charge in [0.05, 0.1) is 0 Å². The van der Waals surface area contributed by atoms with Crippen molar-refractivity contribution in [2.45, 2.75) is 156 Å². The van der Waals surface area contributed by atoms with Crippen LogP contribution < -0.4 is 0 Å². The molecule has 34 heavy (non-hydrogen) atoms. The number of rotatable bonds is 25. The van der Waals surface area contributed by atoms with Crippen LogP contribution in [-0.4, -0.2) is 29.3 Å². The summed E-state index contributed by atoms with van der Waals surface area (Å²) in [5, 5.41) is 20.1. The van der Waals surface area contributed by atoms with Crippen molar-refractivity contribution in [3.8, 4) is 12.4 Å². The predicted molar refractivity (Wildman–Crippen MR) is 154 cm³/mol. The second-order valence-electron chi connectivity index (χ2n) is 11.0. The van der Waals surface area contributed by atoms with Gasteiger partial charge in [0.2, 0.25) is 0 Å². The van der Waals surface area contributed by atoms with Crippen molar-refractivity contribution in [3.05, 3.63) is 0 Å². The van der Waals surface area contributed by atoms with Crippen LogP contribution in [0.2, 0.25) is 0 Å². The first-order valence-corrected chi connectivity index (χ1v) is 18.1. The number of unbranched alkanes of at least 4 members (excludes halogenated alkanes) is 16. The quantitative estimate of drug-likeness (QED) is 0.0550. The van der Waals surface area contributed by atoms with E-state index in [-0.39, 0.29) is 0 Å². The summed E-state index contributed by atoms with van der Waals surface area (Å²) >= 11 is 0. The molecular weight excluding hydrogens is 433 g/mol. The molecule has 0 saturated carbocycles. The van der Waals surface area contributed by atoms with Gasteiger partial charge >= 0.3 is 189 Å². The van der Waals surface area contributed by atoms with Gasteiger partial charge in [-0.2, -0.15) is 0 Å². The van der Waals surface area contributed by atoms with Gasteiger partial charge in [0, 0.05) is 0 Å². The molecule has 0 saturated heterocycles. The Morgan fingerprint density at radius 2 is 0.676 bits per heavy atom. The summed E-state index contributed by atoms with van der Waals surface area (Å²) in [4.78, 5) is 0. The summed E-state index contributed by atoms with van der Waals surface area (Å²) in [5.41, 5.74) is 0. The van der Waals surface area contributed by atoms with Crippen molar-refractivity contribution in [3.63, 3.8) is 0 Å². The Kier molecular flexibility index (Phi) is 21.0. The van der Waals surface area contributed by atoms with Crippen molar-refractivity contribution in [1.29, 1.82) is 10.5 Å². The summed E-state index contributed by atoms with van der Waals surface area (Å²) in [6, 6.07) is 0. The Bertz CT molecular complexity index is 510. The van der Waals surface area contributed by atoms with Gasteiger partial charge in [0.1, 0.15) is 0 Å². The monoisotopic (exact) mass is 493 g/mol. The molecule has 0 amide bonds. The van der Waals surface area contributed by atoms with E-state index in [2.05, 4.69) is 40.1 Å². The van der Waals surface area contributed by atoms with E-state index in [9.17, 15) is 10.5 Å². The molecule has 0 unspecified atom stereocenters. The molecule has 0 atom stereocenters. The van der Waals surface area contributed by atoms with Gasteiger partial charge in [-0.1, -0.05) is 26.2 Å². The van der Waals surface area contributed by atoms with Crippen molar-refractivity contribution in [2.24, 2.45) is 0 Å². The molecule has 0 aliphatic heterocycles. The van der Waals surface area contributed by atoms with Gasteiger partial charge in [-0.15, -0.1) is 0 Å². The fourth-order valence-corrected chi connectivity index (χ4v) is 12.8. The molecule has 0 aliphatic carbocycles. The maximum atomic E-state index is 10.0. The van der Waals surface area contributed by atoms with Crippen LogP contribution in [0.3, 0.4) is 0 Å². The molecule has 200 valence electrons. The van der Waals surface area contributed by atoms with Crippen molar-refractivity contribution < 1.29 is 0 Å². The molecule has 0 spiro atoms. The van der Waals surface area contributed by atoms with Crippen molar-refractivity contribution in [2.75, 3.05) is 24.6 Å². The average Bonchev–Trinajstić information content (AvgIpc) is 2.86. The summed E-state index contributed by atoms with van der Waals surface area (Å²) in [7, 11) is 0. The van der Waals surface area contributed by atoms with Crippen LogP contribution in [-0.2, 0) is 0 Å². The average molecular weight is 494 g/mol. The topological polar surface area (TPSA) is 50.8 Å². The second kappa shape index (κ2) is 21.5. The normalized spacial score (nSPS) is 12.6. The van der Waals surface area contributed by atoms with Crippen LogP contribution in [0.5, 0.6) is 0 Å².